The van der Waals surface area contributed by atoms with Crippen LogP contribution in [0.2, 0.25) is 0 Å². The summed E-state index contributed by atoms with van der Waals surface area (Å²) in [6.45, 7) is 4.40. The number of benzene rings is 2. The van der Waals surface area contributed by atoms with Crippen LogP contribution in [0.3, 0.4) is 0 Å². The summed E-state index contributed by atoms with van der Waals surface area (Å²) in [7, 11) is 1.81. The predicted molar refractivity (Wildman–Crippen MR) is 83.1 cm³/mol. The van der Waals surface area contributed by atoms with Crippen molar-refractivity contribution in [2.75, 3.05) is 12.4 Å². The topological polar surface area (TPSA) is 24.4 Å². The van der Waals surface area contributed by atoms with Gasteiger partial charge < -0.3 is 5.32 Å². The first-order chi connectivity index (χ1) is 9.22. The molecular weight excluding hydrogens is 232 g/mol. The van der Waals surface area contributed by atoms with E-state index in [4.69, 9.17) is 0 Å². The Kier molecular flexibility index (Phi) is 4.35. The third-order valence-electron chi connectivity index (χ3n) is 3.11. The maximum absolute atomic E-state index is 4.36. The molecule has 2 heteroatoms. The summed E-state index contributed by atoms with van der Waals surface area (Å²) in [4.78, 5) is 4.36. The van der Waals surface area contributed by atoms with Gasteiger partial charge in [-0.1, -0.05) is 62.4 Å². The number of nitrogens with zero attached hydrogens (tertiary/aromatic N) is 1. The monoisotopic (exact) mass is 252 g/mol. The molecule has 0 atom stereocenters. The minimum atomic E-state index is 0.484. The lowest BCUT2D eigenvalue weighted by molar-refractivity contribution is 0.869. The highest BCUT2D eigenvalue weighted by Crippen LogP contribution is 2.24. The van der Waals surface area contributed by atoms with E-state index >= 15 is 0 Å². The van der Waals surface area contributed by atoms with Gasteiger partial charge >= 0.3 is 0 Å². The SMILES string of the molecule is CN=C(Nc1ccccc1C(C)C)c1ccccc1. The number of aliphatic imine (C=N–C) groups is 1. The van der Waals surface area contributed by atoms with E-state index in [2.05, 4.69) is 54.5 Å². The summed E-state index contributed by atoms with van der Waals surface area (Å²) < 4.78 is 0. The zero-order valence-electron chi connectivity index (χ0n) is 11.7. The van der Waals surface area contributed by atoms with E-state index in [-0.39, 0.29) is 0 Å². The lowest BCUT2D eigenvalue weighted by Crippen LogP contribution is -2.15. The van der Waals surface area contributed by atoms with Crippen molar-refractivity contribution in [1.82, 2.24) is 0 Å². The largest absolute Gasteiger partial charge is 0.340 e. The smallest absolute Gasteiger partial charge is 0.132 e. The minimum Gasteiger partial charge on any atom is -0.340 e. The number of anilines is 1. The first-order valence-electron chi connectivity index (χ1n) is 6.60. The molecular formula is C17H20N2. The van der Waals surface area contributed by atoms with E-state index in [1.807, 2.05) is 31.3 Å². The third-order valence-corrected chi connectivity index (χ3v) is 3.11. The molecule has 0 aliphatic heterocycles. The van der Waals surface area contributed by atoms with Gasteiger partial charge in [-0.25, -0.2) is 0 Å². The highest BCUT2D eigenvalue weighted by atomic mass is 15.0. The number of hydrogen-bond acceptors (Lipinski definition) is 1. The molecule has 2 nitrogen and oxygen atoms in total. The third kappa shape index (κ3) is 3.22. The summed E-state index contributed by atoms with van der Waals surface area (Å²) in [6, 6.07) is 18.6. The molecule has 1 N–H and O–H groups in total. The molecule has 0 aliphatic carbocycles. The number of amidine groups is 1. The lowest BCUT2D eigenvalue weighted by atomic mass is 10.0. The van der Waals surface area contributed by atoms with Crippen molar-refractivity contribution in [1.29, 1.82) is 0 Å². The number of nitrogens with one attached hydrogen (secondary N) is 1. The Morgan fingerprint density at radius 1 is 0.947 bits per heavy atom. The van der Waals surface area contributed by atoms with Crippen molar-refractivity contribution in [3.05, 3.63) is 65.7 Å². The van der Waals surface area contributed by atoms with Gasteiger partial charge in [0.05, 0.1) is 0 Å². The zero-order valence-corrected chi connectivity index (χ0v) is 11.7. The predicted octanol–water partition coefficient (Wildman–Crippen LogP) is 4.30. The molecule has 98 valence electrons. The Morgan fingerprint density at radius 3 is 2.21 bits per heavy atom. The summed E-state index contributed by atoms with van der Waals surface area (Å²) in [5.41, 5.74) is 3.53. The summed E-state index contributed by atoms with van der Waals surface area (Å²) >= 11 is 0. The molecule has 2 rings (SSSR count). The molecule has 0 aliphatic rings. The Balaban J connectivity index is 2.30. The fraction of sp³-hybridized carbons (Fsp3) is 0.235. The Bertz CT molecular complexity index is 556. The highest BCUT2D eigenvalue weighted by molar-refractivity contribution is 6.08. The molecule has 2 aromatic carbocycles. The molecule has 0 unspecified atom stereocenters. The van der Waals surface area contributed by atoms with Gasteiger partial charge in [0.15, 0.2) is 0 Å². The van der Waals surface area contributed by atoms with Crippen LogP contribution in [0.15, 0.2) is 59.6 Å². The van der Waals surface area contributed by atoms with Gasteiger partial charge in [0.1, 0.15) is 5.84 Å². The highest BCUT2D eigenvalue weighted by Gasteiger charge is 2.08. The van der Waals surface area contributed by atoms with Gasteiger partial charge in [0, 0.05) is 18.3 Å². The van der Waals surface area contributed by atoms with Crippen LogP contribution in [-0.4, -0.2) is 12.9 Å². The fourth-order valence-electron chi connectivity index (χ4n) is 2.10. The van der Waals surface area contributed by atoms with E-state index in [1.165, 1.54) is 5.56 Å². The molecule has 0 heterocycles. The first kappa shape index (κ1) is 13.3. The molecule has 0 bridgehead atoms. The number of para-hydroxylation sites is 1. The van der Waals surface area contributed by atoms with Gasteiger partial charge in [-0.15, -0.1) is 0 Å². The van der Waals surface area contributed by atoms with Crippen LogP contribution >= 0.6 is 0 Å². The van der Waals surface area contributed by atoms with Crippen LogP contribution in [0, 0.1) is 0 Å². The van der Waals surface area contributed by atoms with Gasteiger partial charge in [-0.3, -0.25) is 4.99 Å². The van der Waals surface area contributed by atoms with E-state index in [1.54, 1.807) is 0 Å². The summed E-state index contributed by atoms with van der Waals surface area (Å²) in [5.74, 6) is 1.38. The van der Waals surface area contributed by atoms with Crippen molar-refractivity contribution in [3.8, 4) is 0 Å². The quantitative estimate of drug-likeness (QED) is 0.639. The maximum atomic E-state index is 4.36. The van der Waals surface area contributed by atoms with Gasteiger partial charge in [-0.05, 0) is 17.5 Å². The van der Waals surface area contributed by atoms with E-state index in [0.29, 0.717) is 5.92 Å². The Labute approximate surface area is 115 Å². The van der Waals surface area contributed by atoms with E-state index < -0.39 is 0 Å². The van der Waals surface area contributed by atoms with Crippen LogP contribution in [-0.2, 0) is 0 Å². The van der Waals surface area contributed by atoms with Crippen molar-refractivity contribution < 1.29 is 0 Å². The second-order valence-corrected chi connectivity index (χ2v) is 4.81. The van der Waals surface area contributed by atoms with Crippen LogP contribution < -0.4 is 5.32 Å². The molecule has 19 heavy (non-hydrogen) atoms. The average molecular weight is 252 g/mol. The van der Waals surface area contributed by atoms with Gasteiger partial charge in [0.25, 0.3) is 0 Å². The molecule has 0 saturated carbocycles. The normalized spacial score (nSPS) is 11.7. The van der Waals surface area contributed by atoms with Crippen molar-refractivity contribution in [2.45, 2.75) is 19.8 Å². The minimum absolute atomic E-state index is 0.484. The van der Waals surface area contributed by atoms with Crippen molar-refractivity contribution in [3.63, 3.8) is 0 Å². The van der Waals surface area contributed by atoms with Crippen molar-refractivity contribution in [2.24, 2.45) is 4.99 Å². The fourth-order valence-corrected chi connectivity index (χ4v) is 2.10. The van der Waals surface area contributed by atoms with Gasteiger partial charge in [0.2, 0.25) is 0 Å². The molecule has 0 aromatic heterocycles. The van der Waals surface area contributed by atoms with Crippen LogP contribution in [0.4, 0.5) is 5.69 Å². The standard InChI is InChI=1S/C17H20N2/c1-13(2)15-11-7-8-12-16(15)19-17(18-3)14-9-5-4-6-10-14/h4-13H,1-3H3,(H,18,19). The van der Waals surface area contributed by atoms with Crippen LogP contribution in [0.5, 0.6) is 0 Å². The molecule has 0 spiro atoms. The molecule has 0 saturated heterocycles. The Hall–Kier alpha value is -2.09. The lowest BCUT2D eigenvalue weighted by Gasteiger charge is -2.16. The number of hydrogen-bond donors (Lipinski definition) is 1. The number of rotatable bonds is 3. The molecule has 0 fully saturated rings. The Morgan fingerprint density at radius 2 is 1.58 bits per heavy atom. The first-order valence-corrected chi connectivity index (χ1v) is 6.60. The van der Waals surface area contributed by atoms with Crippen LogP contribution in [0.1, 0.15) is 30.9 Å². The second kappa shape index (κ2) is 6.19. The molecule has 0 radical (unpaired) electrons. The molecule has 0 amide bonds. The van der Waals surface area contributed by atoms with Crippen LogP contribution in [0.25, 0.3) is 0 Å². The van der Waals surface area contributed by atoms with Gasteiger partial charge in [-0.2, -0.15) is 0 Å². The van der Waals surface area contributed by atoms with E-state index in [9.17, 15) is 0 Å². The molecule has 2 aromatic rings. The summed E-state index contributed by atoms with van der Waals surface area (Å²) in [5, 5.41) is 3.44. The van der Waals surface area contributed by atoms with Crippen molar-refractivity contribution >= 4 is 11.5 Å². The maximum Gasteiger partial charge on any atom is 0.132 e. The van der Waals surface area contributed by atoms with E-state index in [0.717, 1.165) is 17.1 Å². The average Bonchev–Trinajstić information content (AvgIpc) is 2.46. The second-order valence-electron chi connectivity index (χ2n) is 4.81. The zero-order chi connectivity index (χ0) is 13.7. The summed E-state index contributed by atoms with van der Waals surface area (Å²) in [6.07, 6.45) is 0.